The molecule has 0 saturated carbocycles. The van der Waals surface area contributed by atoms with Crippen molar-refractivity contribution in [3.63, 3.8) is 0 Å². The Labute approximate surface area is 212 Å². The lowest BCUT2D eigenvalue weighted by Crippen LogP contribution is -2.57. The van der Waals surface area contributed by atoms with Gasteiger partial charge in [0.25, 0.3) is 0 Å². The third kappa shape index (κ3) is 4.94. The molecule has 2 aliphatic rings. The number of hydrogen-bond acceptors (Lipinski definition) is 5. The maximum absolute atomic E-state index is 14.3. The highest BCUT2D eigenvalue weighted by Crippen LogP contribution is 2.33. The summed E-state index contributed by atoms with van der Waals surface area (Å²) >= 11 is 5.99. The number of amides is 1. The molecule has 36 heavy (non-hydrogen) atoms. The van der Waals surface area contributed by atoms with E-state index in [9.17, 15) is 22.0 Å². The lowest BCUT2D eigenvalue weighted by molar-refractivity contribution is -0.118. The summed E-state index contributed by atoms with van der Waals surface area (Å²) in [6.07, 6.45) is 0. The Morgan fingerprint density at radius 1 is 1.03 bits per heavy atom. The molecule has 3 aromatic carbocycles. The minimum atomic E-state index is -3.78. The summed E-state index contributed by atoms with van der Waals surface area (Å²) in [5.74, 6) is -1.34. The number of ether oxygens (including phenoxy) is 1. The van der Waals surface area contributed by atoms with Crippen LogP contribution in [-0.2, 0) is 14.8 Å². The first-order chi connectivity index (χ1) is 17.2. The second-order valence-corrected chi connectivity index (χ2v) is 11.0. The van der Waals surface area contributed by atoms with Crippen molar-refractivity contribution in [3.05, 3.63) is 77.3 Å². The summed E-state index contributed by atoms with van der Waals surface area (Å²) in [6, 6.07) is 13.8. The number of nitrogens with zero attached hydrogens (tertiary/aromatic N) is 2. The normalized spacial score (nSPS) is 19.2. The van der Waals surface area contributed by atoms with Crippen LogP contribution in [0.5, 0.6) is 5.75 Å². The van der Waals surface area contributed by atoms with Crippen molar-refractivity contribution in [2.75, 3.05) is 38.1 Å². The molecule has 2 heterocycles. The predicted octanol–water partition coefficient (Wildman–Crippen LogP) is 3.99. The zero-order chi connectivity index (χ0) is 25.4. The fourth-order valence-corrected chi connectivity index (χ4v) is 6.20. The highest BCUT2D eigenvalue weighted by Gasteiger charge is 2.36. The van der Waals surface area contributed by atoms with Crippen LogP contribution in [-0.4, -0.2) is 62.4 Å². The monoisotopic (exact) mass is 533 g/mol. The van der Waals surface area contributed by atoms with Crippen LogP contribution in [0.15, 0.2) is 65.6 Å². The Hall–Kier alpha value is -3.05. The summed E-state index contributed by atoms with van der Waals surface area (Å²) in [5.41, 5.74) is 0.989. The Kier molecular flexibility index (Phi) is 6.69. The van der Waals surface area contributed by atoms with Gasteiger partial charge >= 0.3 is 0 Å². The first-order valence-electron chi connectivity index (χ1n) is 11.2. The summed E-state index contributed by atoms with van der Waals surface area (Å²) in [5, 5.41) is 3.13. The third-order valence-electron chi connectivity index (χ3n) is 6.27. The van der Waals surface area contributed by atoms with Gasteiger partial charge in [-0.1, -0.05) is 23.7 Å². The highest BCUT2D eigenvalue weighted by molar-refractivity contribution is 7.89. The van der Waals surface area contributed by atoms with Crippen LogP contribution in [0.2, 0.25) is 5.02 Å². The van der Waals surface area contributed by atoms with Crippen molar-refractivity contribution in [2.45, 2.75) is 10.9 Å². The van der Waals surface area contributed by atoms with Gasteiger partial charge in [0.2, 0.25) is 15.9 Å². The van der Waals surface area contributed by atoms with Gasteiger partial charge < -0.3 is 10.1 Å². The van der Waals surface area contributed by atoms with E-state index in [2.05, 4.69) is 5.32 Å². The van der Waals surface area contributed by atoms with Crippen molar-refractivity contribution in [1.82, 2.24) is 9.21 Å². The minimum Gasteiger partial charge on any atom is -0.490 e. The molecule has 0 bridgehead atoms. The Bertz CT molecular complexity index is 1440. The second-order valence-electron chi connectivity index (χ2n) is 8.64. The molecule has 0 unspecified atom stereocenters. The number of piperazine rings is 1. The zero-order valence-corrected chi connectivity index (χ0v) is 20.5. The molecular weight excluding hydrogens is 512 g/mol. The minimum absolute atomic E-state index is 0.0354. The molecule has 188 valence electrons. The number of benzene rings is 3. The van der Waals surface area contributed by atoms with Gasteiger partial charge in [-0.25, -0.2) is 17.2 Å². The Morgan fingerprint density at radius 3 is 2.64 bits per heavy atom. The van der Waals surface area contributed by atoms with E-state index in [0.29, 0.717) is 28.6 Å². The molecule has 0 spiro atoms. The first-order valence-corrected chi connectivity index (χ1v) is 13.0. The smallest absolute Gasteiger partial charge is 0.243 e. The van der Waals surface area contributed by atoms with Gasteiger partial charge in [0.1, 0.15) is 24.0 Å². The van der Waals surface area contributed by atoms with E-state index >= 15 is 0 Å². The molecular formula is C25H22ClF2N3O4S. The molecule has 5 rings (SSSR count). The number of nitrogens with one attached hydrogen (secondary N) is 1. The molecule has 7 nitrogen and oxygen atoms in total. The van der Waals surface area contributed by atoms with E-state index < -0.39 is 21.7 Å². The third-order valence-corrected chi connectivity index (χ3v) is 8.37. The number of carbonyl (C=O) groups excluding carboxylic acids is 1. The highest BCUT2D eigenvalue weighted by atomic mass is 35.5. The molecule has 1 saturated heterocycles. The molecule has 2 aliphatic heterocycles. The number of halogens is 3. The van der Waals surface area contributed by atoms with E-state index in [1.807, 2.05) is 4.90 Å². The second kappa shape index (κ2) is 9.78. The molecule has 1 atom stereocenters. The van der Waals surface area contributed by atoms with Gasteiger partial charge in [-0.2, -0.15) is 4.31 Å². The van der Waals surface area contributed by atoms with Crippen molar-refractivity contribution in [3.8, 4) is 16.9 Å². The van der Waals surface area contributed by atoms with E-state index in [4.69, 9.17) is 16.3 Å². The lowest BCUT2D eigenvalue weighted by Gasteiger charge is -2.39. The molecule has 0 aliphatic carbocycles. The molecule has 1 amide bonds. The average molecular weight is 534 g/mol. The fraction of sp³-hybridized carbons (Fsp3) is 0.240. The zero-order valence-electron chi connectivity index (χ0n) is 19.0. The van der Waals surface area contributed by atoms with Crippen LogP contribution in [0, 0.1) is 11.6 Å². The van der Waals surface area contributed by atoms with Crippen LogP contribution in [0.25, 0.3) is 11.1 Å². The lowest BCUT2D eigenvalue weighted by atomic mass is 10.0. The quantitative estimate of drug-likeness (QED) is 0.551. The molecule has 3 aromatic rings. The van der Waals surface area contributed by atoms with Gasteiger partial charge in [-0.15, -0.1) is 0 Å². The number of anilines is 1. The number of carbonyl (C=O) groups is 1. The van der Waals surface area contributed by atoms with E-state index in [-0.39, 0.29) is 48.6 Å². The van der Waals surface area contributed by atoms with Gasteiger partial charge in [0.05, 0.1) is 23.2 Å². The molecule has 1 N–H and O–H groups in total. The number of hydrogen-bond donors (Lipinski definition) is 1. The van der Waals surface area contributed by atoms with Gasteiger partial charge in [0, 0.05) is 36.3 Å². The summed E-state index contributed by atoms with van der Waals surface area (Å²) in [4.78, 5) is 14.8. The number of fused-ring (bicyclic) bond motifs is 2. The van der Waals surface area contributed by atoms with Crippen molar-refractivity contribution in [2.24, 2.45) is 0 Å². The Morgan fingerprint density at radius 2 is 1.86 bits per heavy atom. The van der Waals surface area contributed by atoms with E-state index in [1.54, 1.807) is 30.3 Å². The van der Waals surface area contributed by atoms with Gasteiger partial charge in [-0.05, 0) is 48.0 Å². The number of rotatable bonds is 3. The van der Waals surface area contributed by atoms with Crippen LogP contribution >= 0.6 is 11.6 Å². The van der Waals surface area contributed by atoms with Crippen molar-refractivity contribution in [1.29, 1.82) is 0 Å². The molecule has 0 radical (unpaired) electrons. The van der Waals surface area contributed by atoms with Crippen LogP contribution in [0.3, 0.4) is 0 Å². The summed E-state index contributed by atoms with van der Waals surface area (Å²) in [6.45, 7) is 0.848. The van der Waals surface area contributed by atoms with Crippen LogP contribution < -0.4 is 10.1 Å². The SMILES string of the molecule is O=C1CN2CCN(S(=O)(=O)c3cccc(Cl)c3)C[C@@H]2COc2ccc(-c3ccc(F)cc3F)cc2N1. The predicted molar refractivity (Wildman–Crippen MR) is 131 cm³/mol. The van der Waals surface area contributed by atoms with E-state index in [0.717, 1.165) is 12.1 Å². The molecule has 0 aromatic heterocycles. The first kappa shape index (κ1) is 24.6. The fourth-order valence-electron chi connectivity index (χ4n) is 4.43. The summed E-state index contributed by atoms with van der Waals surface area (Å²) in [7, 11) is -3.78. The summed E-state index contributed by atoms with van der Waals surface area (Å²) < 4.78 is 61.4. The van der Waals surface area contributed by atoms with Gasteiger partial charge in [0.15, 0.2) is 0 Å². The Balaban J connectivity index is 1.39. The van der Waals surface area contributed by atoms with Gasteiger partial charge in [-0.3, -0.25) is 9.69 Å². The van der Waals surface area contributed by atoms with Crippen LogP contribution in [0.4, 0.5) is 14.5 Å². The van der Waals surface area contributed by atoms with Crippen molar-refractivity contribution >= 4 is 33.2 Å². The van der Waals surface area contributed by atoms with Crippen LogP contribution in [0.1, 0.15) is 0 Å². The maximum atomic E-state index is 14.3. The standard InChI is InChI=1S/C25H22ClF2N3O4S/c26-17-2-1-3-20(11-17)36(33,34)31-9-8-30-14-25(32)29-23-10-16(21-6-5-18(27)12-22(21)28)4-7-24(23)35-15-19(30)13-31/h1-7,10-12,19H,8-9,13-15H2,(H,29,32)/t19-/m1/s1. The largest absolute Gasteiger partial charge is 0.490 e. The topological polar surface area (TPSA) is 79.0 Å². The molecule has 11 heteroatoms. The number of sulfonamides is 1. The van der Waals surface area contributed by atoms with E-state index in [1.165, 1.54) is 22.5 Å². The molecule has 1 fully saturated rings. The average Bonchev–Trinajstić information content (AvgIpc) is 2.90. The van der Waals surface area contributed by atoms with Crippen molar-refractivity contribution < 1.29 is 26.7 Å². The maximum Gasteiger partial charge on any atom is 0.243 e.